The van der Waals surface area contributed by atoms with Gasteiger partial charge in [-0.15, -0.1) is 0 Å². The molecule has 1 aliphatic rings. The van der Waals surface area contributed by atoms with E-state index >= 15 is 0 Å². The second-order valence-electron chi connectivity index (χ2n) is 6.64. The van der Waals surface area contributed by atoms with Gasteiger partial charge in [0, 0.05) is 47.4 Å². The van der Waals surface area contributed by atoms with Crippen molar-refractivity contribution in [3.8, 4) is 0 Å². The molecular formula is C20H21ClFN3O2. The Hall–Kier alpha value is -2.44. The van der Waals surface area contributed by atoms with Crippen molar-refractivity contribution in [3.63, 3.8) is 0 Å². The molecule has 3 N–H and O–H groups in total. The fraction of sp³-hybridized carbons (Fsp3) is 0.300. The van der Waals surface area contributed by atoms with Crippen molar-refractivity contribution in [1.82, 2.24) is 4.90 Å². The van der Waals surface area contributed by atoms with E-state index in [0.29, 0.717) is 41.0 Å². The molecule has 0 radical (unpaired) electrons. The molecule has 0 spiro atoms. The van der Waals surface area contributed by atoms with Crippen LogP contribution in [-0.2, 0) is 11.3 Å². The Labute approximate surface area is 162 Å². The highest BCUT2D eigenvalue weighted by Crippen LogP contribution is 2.30. The van der Waals surface area contributed by atoms with Gasteiger partial charge in [0.15, 0.2) is 0 Å². The molecule has 0 saturated heterocycles. The predicted molar refractivity (Wildman–Crippen MR) is 103 cm³/mol. The zero-order chi connectivity index (χ0) is 19.4. The van der Waals surface area contributed by atoms with E-state index in [1.165, 1.54) is 6.07 Å². The van der Waals surface area contributed by atoms with Crippen molar-refractivity contribution in [3.05, 3.63) is 64.4 Å². The quantitative estimate of drug-likeness (QED) is 0.724. The average molecular weight is 390 g/mol. The third-order valence-corrected chi connectivity index (χ3v) is 4.92. The predicted octanol–water partition coefficient (Wildman–Crippen LogP) is 3.57. The molecule has 27 heavy (non-hydrogen) atoms. The van der Waals surface area contributed by atoms with Crippen LogP contribution in [0.2, 0.25) is 5.02 Å². The maximum absolute atomic E-state index is 14.0. The number of hydrogen-bond acceptors (Lipinski definition) is 3. The Morgan fingerprint density at radius 2 is 1.89 bits per heavy atom. The molecular weight excluding hydrogens is 369 g/mol. The van der Waals surface area contributed by atoms with Gasteiger partial charge >= 0.3 is 0 Å². The summed E-state index contributed by atoms with van der Waals surface area (Å²) in [6, 6.07) is 11.4. The van der Waals surface area contributed by atoms with E-state index in [-0.39, 0.29) is 18.1 Å². The lowest BCUT2D eigenvalue weighted by Crippen LogP contribution is -2.30. The van der Waals surface area contributed by atoms with Crippen LogP contribution in [0.25, 0.3) is 0 Å². The molecule has 2 aromatic carbocycles. The number of halogens is 2. The first-order chi connectivity index (χ1) is 12.9. The monoisotopic (exact) mass is 389 g/mol. The van der Waals surface area contributed by atoms with E-state index in [1.807, 2.05) is 0 Å². The molecule has 0 bridgehead atoms. The van der Waals surface area contributed by atoms with Gasteiger partial charge in [0.05, 0.1) is 0 Å². The van der Waals surface area contributed by atoms with Crippen LogP contribution in [0, 0.1) is 5.82 Å². The summed E-state index contributed by atoms with van der Waals surface area (Å²) in [5.41, 5.74) is 6.64. The summed E-state index contributed by atoms with van der Waals surface area (Å²) >= 11 is 6.12. The molecule has 1 fully saturated rings. The van der Waals surface area contributed by atoms with Gasteiger partial charge in [-0.1, -0.05) is 17.7 Å². The van der Waals surface area contributed by atoms with Crippen LogP contribution >= 0.6 is 11.6 Å². The smallest absolute Gasteiger partial charge is 0.248 e. The number of nitrogens with zero attached hydrogens (tertiary/aromatic N) is 1. The Bertz CT molecular complexity index is 817. The second-order valence-corrected chi connectivity index (χ2v) is 7.05. The van der Waals surface area contributed by atoms with Crippen LogP contribution in [0.1, 0.15) is 35.2 Å². The SMILES string of the molecule is NC(=O)c1ccc(NC(=O)CCN(Cc2c(F)cccc2Cl)C2CC2)cc1. The maximum Gasteiger partial charge on any atom is 0.248 e. The van der Waals surface area contributed by atoms with Gasteiger partial charge in [-0.3, -0.25) is 14.5 Å². The second kappa shape index (κ2) is 8.50. The number of amides is 2. The first-order valence-corrected chi connectivity index (χ1v) is 9.18. The molecule has 7 heteroatoms. The van der Waals surface area contributed by atoms with E-state index in [0.717, 1.165) is 12.8 Å². The number of anilines is 1. The van der Waals surface area contributed by atoms with E-state index in [4.69, 9.17) is 17.3 Å². The number of benzene rings is 2. The minimum atomic E-state index is -0.514. The zero-order valence-electron chi connectivity index (χ0n) is 14.8. The van der Waals surface area contributed by atoms with Gasteiger partial charge in [-0.2, -0.15) is 0 Å². The molecule has 1 aliphatic carbocycles. The van der Waals surface area contributed by atoms with E-state index in [2.05, 4.69) is 10.2 Å². The van der Waals surface area contributed by atoms with Crippen LogP contribution < -0.4 is 11.1 Å². The molecule has 3 rings (SSSR count). The molecule has 0 atom stereocenters. The Morgan fingerprint density at radius 3 is 2.48 bits per heavy atom. The van der Waals surface area contributed by atoms with Crippen molar-refractivity contribution < 1.29 is 14.0 Å². The molecule has 1 saturated carbocycles. The number of carbonyl (C=O) groups excluding carboxylic acids is 2. The van der Waals surface area contributed by atoms with Crippen LogP contribution in [0.4, 0.5) is 10.1 Å². The minimum Gasteiger partial charge on any atom is -0.366 e. The molecule has 0 aliphatic heterocycles. The number of primary amides is 1. The zero-order valence-corrected chi connectivity index (χ0v) is 15.5. The summed E-state index contributed by atoms with van der Waals surface area (Å²) in [5, 5.41) is 3.19. The normalized spacial score (nSPS) is 13.6. The van der Waals surface area contributed by atoms with Crippen molar-refractivity contribution in [2.45, 2.75) is 31.8 Å². The first kappa shape index (κ1) is 19.3. The third kappa shape index (κ3) is 5.28. The van der Waals surface area contributed by atoms with Gasteiger partial charge < -0.3 is 11.1 Å². The first-order valence-electron chi connectivity index (χ1n) is 8.80. The van der Waals surface area contributed by atoms with Crippen LogP contribution in [0.3, 0.4) is 0 Å². The molecule has 0 unspecified atom stereocenters. The van der Waals surface area contributed by atoms with Crippen molar-refractivity contribution in [1.29, 1.82) is 0 Å². The lowest BCUT2D eigenvalue weighted by molar-refractivity contribution is -0.116. The van der Waals surface area contributed by atoms with Gasteiger partial charge in [-0.05, 0) is 49.2 Å². The van der Waals surface area contributed by atoms with Gasteiger partial charge in [0.1, 0.15) is 5.82 Å². The highest BCUT2D eigenvalue weighted by Gasteiger charge is 2.30. The number of nitrogens with two attached hydrogens (primary N) is 1. The van der Waals surface area contributed by atoms with Gasteiger partial charge in [0.25, 0.3) is 0 Å². The van der Waals surface area contributed by atoms with E-state index in [1.54, 1.807) is 36.4 Å². The molecule has 2 aromatic rings. The third-order valence-electron chi connectivity index (χ3n) is 4.57. The fourth-order valence-corrected chi connectivity index (χ4v) is 3.13. The van der Waals surface area contributed by atoms with Crippen molar-refractivity contribution >= 4 is 29.1 Å². The number of carbonyl (C=O) groups is 2. The molecule has 2 amide bonds. The summed E-state index contributed by atoms with van der Waals surface area (Å²) in [4.78, 5) is 25.4. The summed E-state index contributed by atoms with van der Waals surface area (Å²) in [6.45, 7) is 0.900. The van der Waals surface area contributed by atoms with Crippen LogP contribution in [-0.4, -0.2) is 29.3 Å². The number of hydrogen-bond donors (Lipinski definition) is 2. The maximum atomic E-state index is 14.0. The topological polar surface area (TPSA) is 75.4 Å². The number of nitrogens with one attached hydrogen (secondary N) is 1. The van der Waals surface area contributed by atoms with Crippen LogP contribution in [0.15, 0.2) is 42.5 Å². The summed E-state index contributed by atoms with van der Waals surface area (Å²) in [6.07, 6.45) is 2.37. The Balaban J connectivity index is 1.56. The largest absolute Gasteiger partial charge is 0.366 e. The van der Waals surface area contributed by atoms with Crippen molar-refractivity contribution in [2.75, 3.05) is 11.9 Å². The summed E-state index contributed by atoms with van der Waals surface area (Å²) in [7, 11) is 0. The molecule has 142 valence electrons. The molecule has 0 heterocycles. The lowest BCUT2D eigenvalue weighted by atomic mass is 10.2. The highest BCUT2D eigenvalue weighted by atomic mass is 35.5. The minimum absolute atomic E-state index is 0.146. The fourth-order valence-electron chi connectivity index (χ4n) is 2.90. The Morgan fingerprint density at radius 1 is 1.19 bits per heavy atom. The summed E-state index contributed by atoms with van der Waals surface area (Å²) in [5.74, 6) is -0.987. The average Bonchev–Trinajstić information content (AvgIpc) is 3.46. The molecule has 0 aromatic heterocycles. The molecule has 5 nitrogen and oxygen atoms in total. The van der Waals surface area contributed by atoms with Gasteiger partial charge in [0.2, 0.25) is 11.8 Å². The standard InChI is InChI=1S/C20H21ClFN3O2/c21-17-2-1-3-18(22)16(17)12-25(15-8-9-15)11-10-19(26)24-14-6-4-13(5-7-14)20(23)27/h1-7,15H,8-12H2,(H2,23,27)(H,24,26). The lowest BCUT2D eigenvalue weighted by Gasteiger charge is -2.22. The van der Waals surface area contributed by atoms with E-state index in [9.17, 15) is 14.0 Å². The number of rotatable bonds is 8. The highest BCUT2D eigenvalue weighted by molar-refractivity contribution is 6.31. The summed E-state index contributed by atoms with van der Waals surface area (Å²) < 4.78 is 14.0. The van der Waals surface area contributed by atoms with Crippen molar-refractivity contribution in [2.24, 2.45) is 5.73 Å². The van der Waals surface area contributed by atoms with Crippen LogP contribution in [0.5, 0.6) is 0 Å². The Kier molecular flexibility index (Phi) is 6.08. The van der Waals surface area contributed by atoms with Gasteiger partial charge in [-0.25, -0.2) is 4.39 Å². The van der Waals surface area contributed by atoms with E-state index < -0.39 is 5.91 Å².